The summed E-state index contributed by atoms with van der Waals surface area (Å²) in [5.41, 5.74) is 4.88. The number of halogens is 1. The number of hydrazine groups is 1. The lowest BCUT2D eigenvalue weighted by Crippen LogP contribution is -2.14. The first kappa shape index (κ1) is 14.9. The molecule has 0 atom stereocenters. The second kappa shape index (κ2) is 5.98. The fourth-order valence-corrected chi connectivity index (χ4v) is 2.27. The molecule has 0 unspecified atom stereocenters. The summed E-state index contributed by atoms with van der Waals surface area (Å²) in [5, 5.41) is 3.22. The third-order valence-corrected chi connectivity index (χ3v) is 3.30. The Kier molecular flexibility index (Phi) is 3.86. The molecule has 0 radical (unpaired) electrons. The van der Waals surface area contributed by atoms with Gasteiger partial charge in [0.1, 0.15) is 5.82 Å². The number of benzene rings is 2. The van der Waals surface area contributed by atoms with Crippen LogP contribution in [0.15, 0.2) is 42.5 Å². The third-order valence-electron chi connectivity index (χ3n) is 3.30. The summed E-state index contributed by atoms with van der Waals surface area (Å²) >= 11 is 0. The van der Waals surface area contributed by atoms with Crippen LogP contribution < -0.4 is 16.6 Å². The van der Waals surface area contributed by atoms with Crippen molar-refractivity contribution in [1.29, 1.82) is 0 Å². The summed E-state index contributed by atoms with van der Waals surface area (Å²) in [5.74, 6) is 5.53. The number of aromatic nitrogens is 2. The van der Waals surface area contributed by atoms with Gasteiger partial charge in [-0.3, -0.25) is 10.1 Å². The molecule has 6 nitrogen and oxygen atoms in total. The maximum Gasteiger partial charge on any atom is 0.232 e. The molecular formula is C16H14FN5O. The Labute approximate surface area is 131 Å². The Bertz CT molecular complexity index is 880. The number of carbonyl (C=O) groups excluding carboxylic acids is 1. The van der Waals surface area contributed by atoms with Gasteiger partial charge >= 0.3 is 0 Å². The van der Waals surface area contributed by atoms with Gasteiger partial charge in [0.25, 0.3) is 0 Å². The summed E-state index contributed by atoms with van der Waals surface area (Å²) in [6.07, 6.45) is 0. The molecule has 1 heterocycles. The smallest absolute Gasteiger partial charge is 0.232 e. The monoisotopic (exact) mass is 311 g/mol. The highest BCUT2D eigenvalue weighted by molar-refractivity contribution is 5.95. The minimum absolute atomic E-state index is 0.174. The van der Waals surface area contributed by atoms with Crippen LogP contribution in [0.2, 0.25) is 0 Å². The lowest BCUT2D eigenvalue weighted by atomic mass is 10.0. The second-order valence-electron chi connectivity index (χ2n) is 4.96. The topological polar surface area (TPSA) is 92.9 Å². The van der Waals surface area contributed by atoms with Gasteiger partial charge in [-0.2, -0.15) is 4.98 Å². The van der Waals surface area contributed by atoms with Gasteiger partial charge in [0.2, 0.25) is 11.9 Å². The highest BCUT2D eigenvalue weighted by Gasteiger charge is 2.09. The van der Waals surface area contributed by atoms with Crippen LogP contribution >= 0.6 is 0 Å². The molecule has 0 aliphatic carbocycles. The van der Waals surface area contributed by atoms with Gasteiger partial charge in [0.15, 0.2) is 5.82 Å². The van der Waals surface area contributed by atoms with Crippen LogP contribution in [-0.2, 0) is 4.79 Å². The summed E-state index contributed by atoms with van der Waals surface area (Å²) in [4.78, 5) is 19.6. The molecule has 1 aromatic heterocycles. The SMILES string of the molecule is CC(=O)Nc1nc(NN)c2cc(-c3ccc(F)cc3)ccc2n1. The van der Waals surface area contributed by atoms with Crippen LogP contribution in [0.1, 0.15) is 6.92 Å². The zero-order valence-corrected chi connectivity index (χ0v) is 12.3. The molecule has 0 saturated heterocycles. The van der Waals surface area contributed by atoms with Crippen LogP contribution in [0.4, 0.5) is 16.2 Å². The number of fused-ring (bicyclic) bond motifs is 1. The normalized spacial score (nSPS) is 10.6. The van der Waals surface area contributed by atoms with Crippen LogP contribution in [0.3, 0.4) is 0 Å². The van der Waals surface area contributed by atoms with Crippen molar-refractivity contribution >= 4 is 28.6 Å². The predicted molar refractivity (Wildman–Crippen MR) is 87.0 cm³/mol. The second-order valence-corrected chi connectivity index (χ2v) is 4.96. The van der Waals surface area contributed by atoms with Gasteiger partial charge in [-0.15, -0.1) is 0 Å². The highest BCUT2D eigenvalue weighted by atomic mass is 19.1. The molecule has 0 aliphatic heterocycles. The molecular weight excluding hydrogens is 297 g/mol. The molecule has 4 N–H and O–H groups in total. The Hall–Kier alpha value is -3.06. The van der Waals surface area contributed by atoms with E-state index in [0.29, 0.717) is 16.7 Å². The van der Waals surface area contributed by atoms with E-state index in [1.54, 1.807) is 18.2 Å². The van der Waals surface area contributed by atoms with Gasteiger partial charge in [0, 0.05) is 12.3 Å². The Morgan fingerprint density at radius 2 is 1.78 bits per heavy atom. The molecule has 3 rings (SSSR count). The zero-order chi connectivity index (χ0) is 16.4. The van der Waals surface area contributed by atoms with E-state index in [9.17, 15) is 9.18 Å². The number of nitrogens with one attached hydrogen (secondary N) is 2. The molecule has 1 amide bonds. The Morgan fingerprint density at radius 1 is 1.09 bits per heavy atom. The maximum atomic E-state index is 13.0. The maximum absolute atomic E-state index is 13.0. The lowest BCUT2D eigenvalue weighted by Gasteiger charge is -2.10. The van der Waals surface area contributed by atoms with E-state index in [1.807, 2.05) is 12.1 Å². The molecule has 0 bridgehead atoms. The van der Waals surface area contributed by atoms with Gasteiger partial charge in [0.05, 0.1) is 5.52 Å². The minimum atomic E-state index is -0.290. The van der Waals surface area contributed by atoms with E-state index in [1.165, 1.54) is 19.1 Å². The van der Waals surface area contributed by atoms with Crippen molar-refractivity contribution in [3.63, 3.8) is 0 Å². The number of amides is 1. The number of carbonyl (C=O) groups is 1. The van der Waals surface area contributed by atoms with Crippen LogP contribution in [-0.4, -0.2) is 15.9 Å². The van der Waals surface area contributed by atoms with E-state index < -0.39 is 0 Å². The quantitative estimate of drug-likeness (QED) is 0.511. The minimum Gasteiger partial charge on any atom is -0.308 e. The fourth-order valence-electron chi connectivity index (χ4n) is 2.27. The number of hydrogen-bond acceptors (Lipinski definition) is 5. The highest BCUT2D eigenvalue weighted by Crippen LogP contribution is 2.28. The molecule has 0 saturated carbocycles. The average molecular weight is 311 g/mol. The number of rotatable bonds is 3. The molecule has 0 aliphatic rings. The Morgan fingerprint density at radius 3 is 2.43 bits per heavy atom. The standard InChI is InChI=1S/C16H14FN5O/c1-9(23)19-16-20-14-7-4-11(8-13(14)15(21-16)22-18)10-2-5-12(17)6-3-10/h2-8H,18H2,1H3,(H2,19,20,21,22,23). The first-order valence-corrected chi connectivity index (χ1v) is 6.89. The number of nitrogens with zero attached hydrogens (tertiary/aromatic N) is 2. The molecule has 23 heavy (non-hydrogen) atoms. The van der Waals surface area contributed by atoms with Crippen molar-refractivity contribution in [1.82, 2.24) is 9.97 Å². The largest absolute Gasteiger partial charge is 0.308 e. The predicted octanol–water partition coefficient (Wildman–Crippen LogP) is 2.68. The molecule has 0 spiro atoms. The molecule has 3 aromatic rings. The summed E-state index contributed by atoms with van der Waals surface area (Å²) in [7, 11) is 0. The third kappa shape index (κ3) is 3.09. The molecule has 0 fully saturated rings. The fraction of sp³-hybridized carbons (Fsp3) is 0.0625. The number of hydrogen-bond donors (Lipinski definition) is 3. The van der Waals surface area contributed by atoms with Gasteiger partial charge in [-0.05, 0) is 35.4 Å². The summed E-state index contributed by atoms with van der Waals surface area (Å²) < 4.78 is 13.0. The van der Waals surface area contributed by atoms with Gasteiger partial charge in [-0.1, -0.05) is 18.2 Å². The van der Waals surface area contributed by atoms with Crippen molar-refractivity contribution in [3.8, 4) is 11.1 Å². The molecule has 2 aromatic carbocycles. The van der Waals surface area contributed by atoms with Crippen molar-refractivity contribution in [2.45, 2.75) is 6.92 Å². The van der Waals surface area contributed by atoms with Crippen LogP contribution in [0, 0.1) is 5.82 Å². The van der Waals surface area contributed by atoms with E-state index in [2.05, 4.69) is 20.7 Å². The van der Waals surface area contributed by atoms with Crippen molar-refractivity contribution in [2.24, 2.45) is 5.84 Å². The van der Waals surface area contributed by atoms with E-state index in [-0.39, 0.29) is 17.7 Å². The van der Waals surface area contributed by atoms with E-state index in [4.69, 9.17) is 5.84 Å². The Balaban J connectivity index is 2.11. The number of anilines is 2. The first-order chi connectivity index (χ1) is 11.1. The summed E-state index contributed by atoms with van der Waals surface area (Å²) in [6, 6.07) is 11.7. The summed E-state index contributed by atoms with van der Waals surface area (Å²) in [6.45, 7) is 1.38. The van der Waals surface area contributed by atoms with Gasteiger partial charge < -0.3 is 5.43 Å². The van der Waals surface area contributed by atoms with Gasteiger partial charge in [-0.25, -0.2) is 15.2 Å². The van der Waals surface area contributed by atoms with Crippen LogP contribution in [0.5, 0.6) is 0 Å². The number of nitrogens with two attached hydrogens (primary N) is 1. The average Bonchev–Trinajstić information content (AvgIpc) is 2.54. The van der Waals surface area contributed by atoms with E-state index in [0.717, 1.165) is 11.1 Å². The first-order valence-electron chi connectivity index (χ1n) is 6.89. The van der Waals surface area contributed by atoms with Crippen molar-refractivity contribution in [3.05, 3.63) is 48.3 Å². The number of nitrogen functional groups attached to an aromatic ring is 1. The van der Waals surface area contributed by atoms with E-state index >= 15 is 0 Å². The zero-order valence-electron chi connectivity index (χ0n) is 12.3. The van der Waals surface area contributed by atoms with Crippen molar-refractivity contribution in [2.75, 3.05) is 10.7 Å². The molecule has 7 heteroatoms. The van der Waals surface area contributed by atoms with Crippen molar-refractivity contribution < 1.29 is 9.18 Å². The van der Waals surface area contributed by atoms with Crippen LogP contribution in [0.25, 0.3) is 22.0 Å². The lowest BCUT2D eigenvalue weighted by molar-refractivity contribution is -0.114. The molecule has 116 valence electrons.